The number of carbonyl (C=O) groups is 1. The molecular formula is C14H17N3OS2. The normalized spacial score (nSPS) is 10.5. The van der Waals surface area contributed by atoms with Gasteiger partial charge in [0.15, 0.2) is 4.34 Å². The summed E-state index contributed by atoms with van der Waals surface area (Å²) in [7, 11) is 0. The quantitative estimate of drug-likeness (QED) is 0.498. The van der Waals surface area contributed by atoms with E-state index in [2.05, 4.69) is 22.4 Å². The Morgan fingerprint density at radius 3 is 2.90 bits per heavy atom. The standard InChI is InChI=1S/C14H17N3OS2/c1-3-4-9-19-14-17-16-13(20-14)15-12(18)11-8-6-5-7-10(11)2/h5-8H,3-4,9H2,1-2H3,(H,15,16,18). The summed E-state index contributed by atoms with van der Waals surface area (Å²) in [4.78, 5) is 12.1. The van der Waals surface area contributed by atoms with E-state index in [1.807, 2.05) is 31.2 Å². The van der Waals surface area contributed by atoms with E-state index < -0.39 is 0 Å². The fraction of sp³-hybridized carbons (Fsp3) is 0.357. The number of rotatable bonds is 6. The molecule has 1 N–H and O–H groups in total. The lowest BCUT2D eigenvalue weighted by Crippen LogP contribution is -2.12. The summed E-state index contributed by atoms with van der Waals surface area (Å²) in [6.07, 6.45) is 2.33. The molecule has 0 saturated carbocycles. The molecule has 2 aromatic rings. The number of nitrogens with one attached hydrogen (secondary N) is 1. The third-order valence-electron chi connectivity index (χ3n) is 2.74. The van der Waals surface area contributed by atoms with E-state index in [4.69, 9.17) is 0 Å². The van der Waals surface area contributed by atoms with Crippen molar-refractivity contribution in [3.8, 4) is 0 Å². The van der Waals surface area contributed by atoms with E-state index in [0.29, 0.717) is 10.7 Å². The average Bonchev–Trinajstić information content (AvgIpc) is 2.87. The maximum atomic E-state index is 12.1. The van der Waals surface area contributed by atoms with Gasteiger partial charge in [0, 0.05) is 11.3 Å². The molecule has 0 bridgehead atoms. The van der Waals surface area contributed by atoms with E-state index in [9.17, 15) is 4.79 Å². The van der Waals surface area contributed by atoms with Gasteiger partial charge in [-0.3, -0.25) is 10.1 Å². The number of aryl methyl sites for hydroxylation is 1. The van der Waals surface area contributed by atoms with Crippen LogP contribution in [0.15, 0.2) is 28.6 Å². The number of thioether (sulfide) groups is 1. The van der Waals surface area contributed by atoms with Crippen molar-refractivity contribution in [2.24, 2.45) is 0 Å². The summed E-state index contributed by atoms with van der Waals surface area (Å²) < 4.78 is 0.901. The molecule has 20 heavy (non-hydrogen) atoms. The number of benzene rings is 1. The molecular weight excluding hydrogens is 290 g/mol. The van der Waals surface area contributed by atoms with Crippen molar-refractivity contribution in [3.05, 3.63) is 35.4 Å². The Kier molecular flexibility index (Phi) is 5.55. The predicted molar refractivity (Wildman–Crippen MR) is 84.7 cm³/mol. The highest BCUT2D eigenvalue weighted by Gasteiger charge is 2.11. The van der Waals surface area contributed by atoms with Crippen LogP contribution in [0.2, 0.25) is 0 Å². The first kappa shape index (κ1) is 15.0. The van der Waals surface area contributed by atoms with Crippen LogP contribution < -0.4 is 5.32 Å². The van der Waals surface area contributed by atoms with Crippen LogP contribution in [-0.2, 0) is 0 Å². The maximum absolute atomic E-state index is 12.1. The third-order valence-corrected chi connectivity index (χ3v) is 4.80. The summed E-state index contributed by atoms with van der Waals surface area (Å²) >= 11 is 3.11. The molecule has 1 aromatic carbocycles. The minimum Gasteiger partial charge on any atom is -0.296 e. The lowest BCUT2D eigenvalue weighted by molar-refractivity contribution is 0.102. The fourth-order valence-electron chi connectivity index (χ4n) is 1.61. The molecule has 1 aromatic heterocycles. The second-order valence-corrected chi connectivity index (χ2v) is 6.66. The number of amides is 1. The van der Waals surface area contributed by atoms with Gasteiger partial charge in [0.25, 0.3) is 5.91 Å². The lowest BCUT2D eigenvalue weighted by Gasteiger charge is -2.03. The van der Waals surface area contributed by atoms with Gasteiger partial charge in [0.05, 0.1) is 0 Å². The Morgan fingerprint density at radius 2 is 2.15 bits per heavy atom. The molecule has 0 aliphatic rings. The first-order valence-corrected chi connectivity index (χ1v) is 8.34. The van der Waals surface area contributed by atoms with Crippen LogP contribution >= 0.6 is 23.1 Å². The van der Waals surface area contributed by atoms with Gasteiger partial charge >= 0.3 is 0 Å². The zero-order valence-electron chi connectivity index (χ0n) is 11.5. The largest absolute Gasteiger partial charge is 0.296 e. The Balaban J connectivity index is 1.97. The summed E-state index contributed by atoms with van der Waals surface area (Å²) in [5.74, 6) is 0.904. The summed E-state index contributed by atoms with van der Waals surface area (Å²) in [5.41, 5.74) is 1.62. The second-order valence-electron chi connectivity index (χ2n) is 4.34. The molecule has 0 unspecified atom stereocenters. The molecule has 2 rings (SSSR count). The number of carbonyl (C=O) groups excluding carboxylic acids is 1. The van der Waals surface area contributed by atoms with E-state index >= 15 is 0 Å². The number of nitrogens with zero attached hydrogens (tertiary/aromatic N) is 2. The topological polar surface area (TPSA) is 54.9 Å². The van der Waals surface area contributed by atoms with Crippen molar-refractivity contribution in [3.63, 3.8) is 0 Å². The number of unbranched alkanes of at least 4 members (excludes halogenated alkanes) is 1. The van der Waals surface area contributed by atoms with Crippen LogP contribution in [0.25, 0.3) is 0 Å². The molecule has 0 spiro atoms. The van der Waals surface area contributed by atoms with Crippen LogP contribution in [0.1, 0.15) is 35.7 Å². The van der Waals surface area contributed by atoms with Gasteiger partial charge in [-0.1, -0.05) is 54.6 Å². The van der Waals surface area contributed by atoms with Crippen molar-refractivity contribution in [2.75, 3.05) is 11.1 Å². The van der Waals surface area contributed by atoms with Gasteiger partial charge in [-0.05, 0) is 25.0 Å². The van der Waals surface area contributed by atoms with Gasteiger partial charge in [-0.2, -0.15) is 0 Å². The van der Waals surface area contributed by atoms with Crippen molar-refractivity contribution >= 4 is 34.1 Å². The molecule has 106 valence electrons. The SMILES string of the molecule is CCCCSc1nnc(NC(=O)c2ccccc2C)s1. The van der Waals surface area contributed by atoms with Crippen LogP contribution in [0.4, 0.5) is 5.13 Å². The average molecular weight is 307 g/mol. The highest BCUT2D eigenvalue weighted by atomic mass is 32.2. The Hall–Kier alpha value is -1.40. The van der Waals surface area contributed by atoms with Gasteiger partial charge in [-0.25, -0.2) is 0 Å². The Labute approximate surface area is 127 Å². The highest BCUT2D eigenvalue weighted by Crippen LogP contribution is 2.26. The van der Waals surface area contributed by atoms with Gasteiger partial charge in [-0.15, -0.1) is 10.2 Å². The zero-order chi connectivity index (χ0) is 14.4. The van der Waals surface area contributed by atoms with E-state index in [1.54, 1.807) is 11.8 Å². The molecule has 4 nitrogen and oxygen atoms in total. The molecule has 0 fully saturated rings. The molecule has 6 heteroatoms. The summed E-state index contributed by atoms with van der Waals surface area (Å²) in [6.45, 7) is 4.08. The van der Waals surface area contributed by atoms with Gasteiger partial charge in [0.2, 0.25) is 5.13 Å². The molecule has 0 saturated heterocycles. The highest BCUT2D eigenvalue weighted by molar-refractivity contribution is 8.01. The number of anilines is 1. The van der Waals surface area contributed by atoms with Crippen molar-refractivity contribution in [2.45, 2.75) is 31.0 Å². The number of hydrogen-bond acceptors (Lipinski definition) is 5. The van der Waals surface area contributed by atoms with E-state index in [-0.39, 0.29) is 5.91 Å². The Bertz CT molecular complexity index is 583. The van der Waals surface area contributed by atoms with Crippen molar-refractivity contribution < 1.29 is 4.79 Å². The lowest BCUT2D eigenvalue weighted by atomic mass is 10.1. The second kappa shape index (κ2) is 7.40. The molecule has 0 aliphatic carbocycles. The monoisotopic (exact) mass is 307 g/mol. The van der Waals surface area contributed by atoms with Gasteiger partial charge < -0.3 is 0 Å². The first-order valence-electron chi connectivity index (χ1n) is 6.54. The van der Waals surface area contributed by atoms with Gasteiger partial charge in [0.1, 0.15) is 0 Å². The third kappa shape index (κ3) is 4.05. The number of aromatic nitrogens is 2. The van der Waals surface area contributed by atoms with E-state index in [1.165, 1.54) is 17.8 Å². The van der Waals surface area contributed by atoms with Crippen LogP contribution in [-0.4, -0.2) is 21.9 Å². The fourth-order valence-corrected chi connectivity index (χ4v) is 3.52. The molecule has 1 heterocycles. The zero-order valence-corrected chi connectivity index (χ0v) is 13.2. The minimum atomic E-state index is -0.135. The summed E-state index contributed by atoms with van der Waals surface area (Å²) in [5, 5.41) is 11.4. The first-order chi connectivity index (χ1) is 9.70. The van der Waals surface area contributed by atoms with E-state index in [0.717, 1.165) is 22.1 Å². The van der Waals surface area contributed by atoms with Crippen molar-refractivity contribution in [1.29, 1.82) is 0 Å². The van der Waals surface area contributed by atoms with Crippen LogP contribution in [0.5, 0.6) is 0 Å². The molecule has 0 radical (unpaired) electrons. The molecule has 0 aliphatic heterocycles. The Morgan fingerprint density at radius 1 is 1.35 bits per heavy atom. The smallest absolute Gasteiger partial charge is 0.257 e. The number of hydrogen-bond donors (Lipinski definition) is 1. The predicted octanol–water partition coefficient (Wildman–Crippen LogP) is 3.99. The maximum Gasteiger partial charge on any atom is 0.257 e. The van der Waals surface area contributed by atoms with Crippen LogP contribution in [0.3, 0.4) is 0 Å². The summed E-state index contributed by atoms with van der Waals surface area (Å²) in [6, 6.07) is 7.50. The van der Waals surface area contributed by atoms with Crippen molar-refractivity contribution in [1.82, 2.24) is 10.2 Å². The molecule has 0 atom stereocenters. The van der Waals surface area contributed by atoms with Crippen LogP contribution in [0, 0.1) is 6.92 Å². The minimum absolute atomic E-state index is 0.135. The molecule has 1 amide bonds.